The summed E-state index contributed by atoms with van der Waals surface area (Å²) in [5.74, 6) is 1.07. The maximum absolute atomic E-state index is 11.3. The smallest absolute Gasteiger partial charge is 0.244 e. The van der Waals surface area contributed by atoms with Crippen LogP contribution >= 0.6 is 0 Å². The van der Waals surface area contributed by atoms with Crippen LogP contribution in [-0.2, 0) is 4.79 Å². The van der Waals surface area contributed by atoms with Crippen LogP contribution in [0.2, 0.25) is 0 Å². The monoisotopic (exact) mass is 431 g/mol. The number of anilines is 1. The van der Waals surface area contributed by atoms with E-state index >= 15 is 0 Å². The summed E-state index contributed by atoms with van der Waals surface area (Å²) in [6.45, 7) is 1.57. The molecule has 32 heavy (non-hydrogen) atoms. The van der Waals surface area contributed by atoms with Gasteiger partial charge in [-0.25, -0.2) is 4.52 Å². The lowest BCUT2D eigenvalue weighted by molar-refractivity contribution is -0.119. The highest BCUT2D eigenvalue weighted by Gasteiger charge is 2.23. The van der Waals surface area contributed by atoms with E-state index in [1.807, 2.05) is 30.5 Å². The van der Waals surface area contributed by atoms with Gasteiger partial charge in [-0.3, -0.25) is 14.8 Å². The van der Waals surface area contributed by atoms with Crippen LogP contribution in [0.15, 0.2) is 42.9 Å². The van der Waals surface area contributed by atoms with Gasteiger partial charge in [-0.2, -0.15) is 4.98 Å². The number of fused-ring (bicyclic) bond motifs is 2. The fraction of sp³-hybridized carbons (Fsp3) is 0.348. The minimum Gasteiger partial charge on any atom is -0.479 e. The Kier molecular flexibility index (Phi) is 5.30. The second-order valence-electron chi connectivity index (χ2n) is 8.12. The largest absolute Gasteiger partial charge is 0.479 e. The molecule has 2 N–H and O–H groups in total. The second kappa shape index (κ2) is 8.41. The third-order valence-corrected chi connectivity index (χ3v) is 5.92. The van der Waals surface area contributed by atoms with E-state index in [-0.39, 0.29) is 18.0 Å². The maximum atomic E-state index is 11.3. The Morgan fingerprint density at radius 2 is 1.81 bits per heavy atom. The molecule has 164 valence electrons. The third-order valence-electron chi connectivity index (χ3n) is 5.92. The van der Waals surface area contributed by atoms with E-state index in [0.717, 1.165) is 53.4 Å². The van der Waals surface area contributed by atoms with E-state index in [9.17, 15) is 4.79 Å². The topological polar surface area (TPSA) is 106 Å². The van der Waals surface area contributed by atoms with Gasteiger partial charge in [0.05, 0.1) is 18.1 Å². The number of carbonyl (C=O) groups excluding carboxylic acids is 1. The zero-order valence-electron chi connectivity index (χ0n) is 18.1. The van der Waals surface area contributed by atoms with Crippen molar-refractivity contribution >= 4 is 28.4 Å². The molecular formula is C23H25N7O2. The van der Waals surface area contributed by atoms with E-state index in [1.54, 1.807) is 30.9 Å². The highest BCUT2D eigenvalue weighted by atomic mass is 16.5. The van der Waals surface area contributed by atoms with Crippen molar-refractivity contribution in [2.75, 3.05) is 12.4 Å². The lowest BCUT2D eigenvalue weighted by Crippen LogP contribution is -2.39. The van der Waals surface area contributed by atoms with Gasteiger partial charge in [0.25, 0.3) is 0 Å². The van der Waals surface area contributed by atoms with Gasteiger partial charge in [-0.15, -0.1) is 5.10 Å². The first-order valence-corrected chi connectivity index (χ1v) is 10.8. The number of nitrogens with zero attached hydrogens (tertiary/aromatic N) is 5. The first-order valence-electron chi connectivity index (χ1n) is 10.8. The first-order chi connectivity index (χ1) is 15.6. The first kappa shape index (κ1) is 20.2. The molecule has 9 heteroatoms. The molecule has 0 bridgehead atoms. The Labute approximate surface area is 185 Å². The van der Waals surface area contributed by atoms with Crippen molar-refractivity contribution in [2.24, 2.45) is 0 Å². The standard InChI is InChI=1S/C23H25N7O2/c1-14(31)26-16-4-6-17(7-5-16)27-23-28-22(32-2)21-18(9-12-30(21)29-23)15-3-8-19-20(13-15)25-11-10-24-19/h3,8-13,16-17H,4-7H2,1-2H3,(H,26,31)(H,27,29). The lowest BCUT2D eigenvalue weighted by Gasteiger charge is -2.29. The molecule has 1 aliphatic carbocycles. The van der Waals surface area contributed by atoms with Crippen molar-refractivity contribution in [1.29, 1.82) is 0 Å². The van der Waals surface area contributed by atoms with Crippen molar-refractivity contribution in [1.82, 2.24) is 29.9 Å². The number of hydrogen-bond donors (Lipinski definition) is 2. The van der Waals surface area contributed by atoms with Crippen molar-refractivity contribution in [3.63, 3.8) is 0 Å². The molecule has 0 atom stereocenters. The molecule has 1 saturated carbocycles. The minimum absolute atomic E-state index is 0.0294. The zero-order valence-corrected chi connectivity index (χ0v) is 18.1. The van der Waals surface area contributed by atoms with Gasteiger partial charge >= 0.3 is 0 Å². The molecule has 5 rings (SSSR count). The van der Waals surface area contributed by atoms with Crippen molar-refractivity contribution in [3.05, 3.63) is 42.9 Å². The normalized spacial score (nSPS) is 18.6. The predicted octanol–water partition coefficient (Wildman–Crippen LogP) is 3.21. The van der Waals surface area contributed by atoms with E-state index < -0.39 is 0 Å². The van der Waals surface area contributed by atoms with Crippen LogP contribution in [0.1, 0.15) is 32.6 Å². The average molecular weight is 432 g/mol. The Morgan fingerprint density at radius 3 is 2.56 bits per heavy atom. The second-order valence-corrected chi connectivity index (χ2v) is 8.12. The highest BCUT2D eigenvalue weighted by molar-refractivity contribution is 5.89. The number of aromatic nitrogens is 5. The van der Waals surface area contributed by atoms with Gasteiger partial charge in [-0.1, -0.05) is 6.07 Å². The number of carbonyl (C=O) groups is 1. The van der Waals surface area contributed by atoms with Gasteiger partial charge in [-0.05, 0) is 49.4 Å². The summed E-state index contributed by atoms with van der Waals surface area (Å²) < 4.78 is 7.44. The number of methoxy groups -OCH3 is 1. The van der Waals surface area contributed by atoms with Gasteiger partial charge < -0.3 is 15.4 Å². The van der Waals surface area contributed by atoms with Crippen LogP contribution in [0.5, 0.6) is 5.88 Å². The Bertz CT molecular complexity index is 1280. The maximum Gasteiger partial charge on any atom is 0.244 e. The summed E-state index contributed by atoms with van der Waals surface area (Å²) in [5, 5.41) is 11.1. The summed E-state index contributed by atoms with van der Waals surface area (Å²) in [6.07, 6.45) is 9.06. The number of amides is 1. The molecule has 0 radical (unpaired) electrons. The lowest BCUT2D eigenvalue weighted by atomic mass is 9.91. The number of ether oxygens (including phenoxy) is 1. The highest BCUT2D eigenvalue weighted by Crippen LogP contribution is 2.33. The van der Waals surface area contributed by atoms with Gasteiger partial charge in [0.2, 0.25) is 17.7 Å². The summed E-state index contributed by atoms with van der Waals surface area (Å²) in [4.78, 5) is 24.7. The van der Waals surface area contributed by atoms with Crippen molar-refractivity contribution < 1.29 is 9.53 Å². The molecule has 0 spiro atoms. The van der Waals surface area contributed by atoms with E-state index in [2.05, 4.69) is 30.7 Å². The Morgan fingerprint density at radius 1 is 1.06 bits per heavy atom. The molecule has 0 unspecified atom stereocenters. The Balaban J connectivity index is 1.41. The molecule has 0 saturated heterocycles. The number of benzene rings is 1. The van der Waals surface area contributed by atoms with E-state index in [1.165, 1.54) is 0 Å². The van der Waals surface area contributed by atoms with Crippen LogP contribution in [0.4, 0.5) is 5.95 Å². The molecule has 3 aromatic heterocycles. The van der Waals surface area contributed by atoms with E-state index in [4.69, 9.17) is 4.74 Å². The molecule has 1 aliphatic rings. The fourth-order valence-corrected chi connectivity index (χ4v) is 4.41. The number of nitrogens with one attached hydrogen (secondary N) is 2. The average Bonchev–Trinajstić information content (AvgIpc) is 3.23. The van der Waals surface area contributed by atoms with Crippen molar-refractivity contribution in [2.45, 2.75) is 44.7 Å². The summed E-state index contributed by atoms with van der Waals surface area (Å²) >= 11 is 0. The van der Waals surface area contributed by atoms with Crippen LogP contribution in [-0.4, -0.2) is 49.7 Å². The van der Waals surface area contributed by atoms with E-state index in [0.29, 0.717) is 11.8 Å². The number of hydrogen-bond acceptors (Lipinski definition) is 7. The third kappa shape index (κ3) is 3.93. The SMILES string of the molecule is COc1nc(NC2CCC(NC(C)=O)CC2)nn2ccc(-c3ccc4nccnc4c3)c12. The van der Waals surface area contributed by atoms with Crippen LogP contribution < -0.4 is 15.4 Å². The Hall–Kier alpha value is -3.75. The molecule has 1 aromatic carbocycles. The summed E-state index contributed by atoms with van der Waals surface area (Å²) in [5.41, 5.74) is 4.45. The molecule has 0 aliphatic heterocycles. The summed E-state index contributed by atoms with van der Waals surface area (Å²) in [6, 6.07) is 8.51. The minimum atomic E-state index is 0.0294. The molecule has 4 aromatic rings. The van der Waals surface area contributed by atoms with Crippen LogP contribution in [0, 0.1) is 0 Å². The molecule has 1 amide bonds. The molecule has 3 heterocycles. The number of rotatable bonds is 5. The zero-order chi connectivity index (χ0) is 22.1. The van der Waals surface area contributed by atoms with Gasteiger partial charge in [0, 0.05) is 43.2 Å². The van der Waals surface area contributed by atoms with Crippen LogP contribution in [0.25, 0.3) is 27.7 Å². The van der Waals surface area contributed by atoms with Crippen molar-refractivity contribution in [3.8, 4) is 17.0 Å². The molecular weight excluding hydrogens is 406 g/mol. The van der Waals surface area contributed by atoms with Gasteiger partial charge in [0.1, 0.15) is 5.52 Å². The molecule has 1 fully saturated rings. The molecule has 9 nitrogen and oxygen atoms in total. The quantitative estimate of drug-likeness (QED) is 0.500. The summed E-state index contributed by atoms with van der Waals surface area (Å²) in [7, 11) is 1.62. The van der Waals surface area contributed by atoms with Gasteiger partial charge in [0.15, 0.2) is 0 Å². The fourth-order valence-electron chi connectivity index (χ4n) is 4.41. The van der Waals surface area contributed by atoms with Crippen LogP contribution in [0.3, 0.4) is 0 Å². The predicted molar refractivity (Wildman–Crippen MR) is 122 cm³/mol.